The highest BCUT2D eigenvalue weighted by Gasteiger charge is 2.23. The first kappa shape index (κ1) is 12.2. The maximum atomic E-state index is 11.8. The molecule has 1 aromatic heterocycles. The molecule has 0 spiro atoms. The molecular formula is C16H13NO4. The molecule has 0 amide bonds. The largest absolute Gasteiger partial charge is 0.462 e. The minimum atomic E-state index is -0.279. The van der Waals surface area contributed by atoms with Gasteiger partial charge in [-0.05, 0) is 36.8 Å². The van der Waals surface area contributed by atoms with E-state index in [1.807, 2.05) is 31.2 Å². The van der Waals surface area contributed by atoms with Gasteiger partial charge in [-0.25, -0.2) is 4.79 Å². The van der Waals surface area contributed by atoms with Gasteiger partial charge >= 0.3 is 5.97 Å². The number of aryl methyl sites for hydroxylation is 1. The smallest absolute Gasteiger partial charge is 0.340 e. The van der Waals surface area contributed by atoms with Crippen LogP contribution in [0.15, 0.2) is 24.3 Å². The van der Waals surface area contributed by atoms with Crippen molar-refractivity contribution in [1.29, 1.82) is 0 Å². The minimum Gasteiger partial charge on any atom is -0.462 e. The summed E-state index contributed by atoms with van der Waals surface area (Å²) >= 11 is 0. The zero-order valence-electron chi connectivity index (χ0n) is 11.5. The summed E-state index contributed by atoms with van der Waals surface area (Å²) in [5.41, 5.74) is 4.07. The molecule has 21 heavy (non-hydrogen) atoms. The number of esters is 1. The highest BCUT2D eigenvalue weighted by Crippen LogP contribution is 2.36. The van der Waals surface area contributed by atoms with E-state index >= 15 is 0 Å². The summed E-state index contributed by atoms with van der Waals surface area (Å²) in [4.78, 5) is 16.3. The van der Waals surface area contributed by atoms with Crippen LogP contribution in [0.4, 0.5) is 0 Å². The van der Waals surface area contributed by atoms with Gasteiger partial charge in [0, 0.05) is 12.0 Å². The quantitative estimate of drug-likeness (QED) is 0.753. The Morgan fingerprint density at radius 3 is 2.86 bits per heavy atom. The van der Waals surface area contributed by atoms with Gasteiger partial charge in [-0.1, -0.05) is 0 Å². The lowest BCUT2D eigenvalue weighted by Crippen LogP contribution is -2.20. The molecule has 0 saturated heterocycles. The van der Waals surface area contributed by atoms with Crippen molar-refractivity contribution in [2.24, 2.45) is 0 Å². The van der Waals surface area contributed by atoms with Gasteiger partial charge in [0.15, 0.2) is 11.5 Å². The van der Waals surface area contributed by atoms with Gasteiger partial charge in [0.05, 0.1) is 23.6 Å². The number of cyclic esters (lactones) is 1. The fourth-order valence-corrected chi connectivity index (χ4v) is 2.74. The lowest BCUT2D eigenvalue weighted by molar-refractivity contribution is 0.0478. The Labute approximate surface area is 121 Å². The summed E-state index contributed by atoms with van der Waals surface area (Å²) in [6.07, 6.45) is 0.724. The average molecular weight is 283 g/mol. The molecule has 0 fully saturated rings. The molecule has 5 nitrogen and oxygen atoms in total. The molecule has 5 heteroatoms. The third kappa shape index (κ3) is 1.93. The second-order valence-electron chi connectivity index (χ2n) is 5.08. The van der Waals surface area contributed by atoms with Crippen LogP contribution in [0.25, 0.3) is 11.3 Å². The van der Waals surface area contributed by atoms with Crippen molar-refractivity contribution in [3.63, 3.8) is 0 Å². The standard InChI is InChI=1S/C16H13NO4/c1-9-15-11(4-5-19-16(15)18)6-12(17-9)10-2-3-13-14(7-10)21-8-20-13/h2-3,6-7H,4-5,8H2,1H3. The number of pyridine rings is 1. The number of benzene rings is 1. The Balaban J connectivity index is 1.83. The zero-order chi connectivity index (χ0) is 14.4. The number of carbonyl (C=O) groups excluding carboxylic acids is 1. The summed E-state index contributed by atoms with van der Waals surface area (Å²) < 4.78 is 15.8. The molecule has 2 aromatic rings. The Kier molecular flexibility index (Phi) is 2.60. The molecule has 0 atom stereocenters. The number of carbonyl (C=O) groups is 1. The van der Waals surface area contributed by atoms with Crippen molar-refractivity contribution in [1.82, 2.24) is 4.98 Å². The first-order chi connectivity index (χ1) is 10.2. The van der Waals surface area contributed by atoms with E-state index in [0.717, 1.165) is 34.7 Å². The number of hydrogen-bond donors (Lipinski definition) is 0. The number of hydrogen-bond acceptors (Lipinski definition) is 5. The van der Waals surface area contributed by atoms with E-state index in [-0.39, 0.29) is 12.8 Å². The molecule has 0 unspecified atom stereocenters. The van der Waals surface area contributed by atoms with Crippen LogP contribution in [0.2, 0.25) is 0 Å². The van der Waals surface area contributed by atoms with Crippen molar-refractivity contribution >= 4 is 5.97 Å². The summed E-state index contributed by atoms with van der Waals surface area (Å²) in [6, 6.07) is 7.70. The molecule has 2 aliphatic rings. The third-order valence-corrected chi connectivity index (χ3v) is 3.76. The summed E-state index contributed by atoms with van der Waals surface area (Å²) in [5.74, 6) is 1.19. The minimum absolute atomic E-state index is 0.251. The predicted octanol–water partition coefficient (Wildman–Crippen LogP) is 2.50. The van der Waals surface area contributed by atoms with Gasteiger partial charge in [0.2, 0.25) is 6.79 Å². The number of rotatable bonds is 1. The van der Waals surface area contributed by atoms with Gasteiger partial charge in [0.1, 0.15) is 0 Å². The molecule has 0 radical (unpaired) electrons. The van der Waals surface area contributed by atoms with Crippen LogP contribution in [0.1, 0.15) is 21.6 Å². The van der Waals surface area contributed by atoms with Crippen LogP contribution in [0, 0.1) is 6.92 Å². The van der Waals surface area contributed by atoms with Crippen LogP contribution < -0.4 is 9.47 Å². The van der Waals surface area contributed by atoms with Crippen LogP contribution in [0.5, 0.6) is 11.5 Å². The first-order valence-corrected chi connectivity index (χ1v) is 6.80. The van der Waals surface area contributed by atoms with E-state index in [2.05, 4.69) is 4.98 Å². The third-order valence-electron chi connectivity index (χ3n) is 3.76. The molecule has 0 saturated carbocycles. The van der Waals surface area contributed by atoms with Gasteiger partial charge in [-0.3, -0.25) is 4.98 Å². The highest BCUT2D eigenvalue weighted by molar-refractivity contribution is 5.93. The Morgan fingerprint density at radius 1 is 1.10 bits per heavy atom. The summed E-state index contributed by atoms with van der Waals surface area (Å²) in [5, 5.41) is 0. The van der Waals surface area contributed by atoms with Gasteiger partial charge in [-0.2, -0.15) is 0 Å². The molecule has 0 aliphatic carbocycles. The summed E-state index contributed by atoms with van der Waals surface area (Å²) in [7, 11) is 0. The fourth-order valence-electron chi connectivity index (χ4n) is 2.74. The lowest BCUT2D eigenvalue weighted by atomic mass is 9.99. The Hall–Kier alpha value is -2.56. The van der Waals surface area contributed by atoms with E-state index < -0.39 is 0 Å². The van der Waals surface area contributed by atoms with Crippen molar-refractivity contribution in [2.75, 3.05) is 13.4 Å². The van der Waals surface area contributed by atoms with Crippen LogP contribution in [-0.4, -0.2) is 24.4 Å². The van der Waals surface area contributed by atoms with Crippen LogP contribution in [-0.2, 0) is 11.2 Å². The molecule has 2 aliphatic heterocycles. The second-order valence-corrected chi connectivity index (χ2v) is 5.08. The number of fused-ring (bicyclic) bond motifs is 2. The number of aromatic nitrogens is 1. The SMILES string of the molecule is Cc1nc(-c2ccc3c(c2)OCO3)cc2c1C(=O)OCC2. The fraction of sp³-hybridized carbons (Fsp3) is 0.250. The van der Waals surface area contributed by atoms with Crippen LogP contribution >= 0.6 is 0 Å². The van der Waals surface area contributed by atoms with Crippen molar-refractivity contribution in [2.45, 2.75) is 13.3 Å². The van der Waals surface area contributed by atoms with E-state index in [1.54, 1.807) is 0 Å². The zero-order valence-corrected chi connectivity index (χ0v) is 11.5. The monoisotopic (exact) mass is 283 g/mol. The highest BCUT2D eigenvalue weighted by atomic mass is 16.7. The van der Waals surface area contributed by atoms with Crippen molar-refractivity contribution in [3.05, 3.63) is 41.1 Å². The Morgan fingerprint density at radius 2 is 1.95 bits per heavy atom. The van der Waals surface area contributed by atoms with Gasteiger partial charge < -0.3 is 14.2 Å². The maximum absolute atomic E-state index is 11.8. The maximum Gasteiger partial charge on any atom is 0.340 e. The topological polar surface area (TPSA) is 57.7 Å². The van der Waals surface area contributed by atoms with E-state index in [9.17, 15) is 4.79 Å². The van der Waals surface area contributed by atoms with E-state index in [0.29, 0.717) is 17.9 Å². The molecule has 0 N–H and O–H groups in total. The van der Waals surface area contributed by atoms with Gasteiger partial charge in [0.25, 0.3) is 0 Å². The van der Waals surface area contributed by atoms with Crippen molar-refractivity contribution < 1.29 is 19.0 Å². The molecule has 106 valence electrons. The summed E-state index contributed by atoms with van der Waals surface area (Å²) in [6.45, 7) is 2.51. The second kappa shape index (κ2) is 4.48. The van der Waals surface area contributed by atoms with E-state index in [1.165, 1.54) is 0 Å². The molecule has 4 rings (SSSR count). The lowest BCUT2D eigenvalue weighted by Gasteiger charge is -2.18. The predicted molar refractivity (Wildman–Crippen MR) is 74.5 cm³/mol. The Bertz CT molecular complexity index is 754. The van der Waals surface area contributed by atoms with E-state index in [4.69, 9.17) is 14.2 Å². The molecule has 0 bridgehead atoms. The molecule has 3 heterocycles. The van der Waals surface area contributed by atoms with Crippen molar-refractivity contribution in [3.8, 4) is 22.8 Å². The van der Waals surface area contributed by atoms with Crippen LogP contribution in [0.3, 0.4) is 0 Å². The molecule has 1 aromatic carbocycles. The number of nitrogens with zero attached hydrogens (tertiary/aromatic N) is 1. The normalized spacial score (nSPS) is 15.6. The number of ether oxygens (including phenoxy) is 3. The molecular weight excluding hydrogens is 270 g/mol. The van der Waals surface area contributed by atoms with Gasteiger partial charge in [-0.15, -0.1) is 0 Å². The average Bonchev–Trinajstić information content (AvgIpc) is 2.94. The first-order valence-electron chi connectivity index (χ1n) is 6.80.